The summed E-state index contributed by atoms with van der Waals surface area (Å²) in [5.41, 5.74) is 0.915. The summed E-state index contributed by atoms with van der Waals surface area (Å²) in [6, 6.07) is 2.98. The lowest BCUT2D eigenvalue weighted by Gasteiger charge is -2.06. The predicted molar refractivity (Wildman–Crippen MR) is 75.0 cm³/mol. The summed E-state index contributed by atoms with van der Waals surface area (Å²) in [5, 5.41) is 14.8. The Kier molecular flexibility index (Phi) is 4.03. The average Bonchev–Trinajstić information content (AvgIpc) is 2.83. The molecule has 0 saturated carbocycles. The van der Waals surface area contributed by atoms with Crippen LogP contribution in [0.4, 0.5) is 5.82 Å². The van der Waals surface area contributed by atoms with Crippen molar-refractivity contribution < 1.29 is 18.3 Å². The number of pyridine rings is 1. The average molecular weight is 308 g/mol. The Morgan fingerprint density at radius 2 is 2.24 bits per heavy atom. The fraction of sp³-hybridized carbons (Fsp3) is 0.0833. The van der Waals surface area contributed by atoms with Gasteiger partial charge in [-0.15, -0.1) is 0 Å². The largest absolute Gasteiger partial charge is 0.478 e. The van der Waals surface area contributed by atoms with Crippen LogP contribution in [0.2, 0.25) is 0 Å². The Labute approximate surface area is 120 Å². The number of nitrogens with one attached hydrogen (secondary N) is 2. The van der Waals surface area contributed by atoms with Gasteiger partial charge in [-0.05, 0) is 30.7 Å². The molecule has 0 radical (unpaired) electrons. The third-order valence-electron chi connectivity index (χ3n) is 2.51. The lowest BCUT2D eigenvalue weighted by atomic mass is 10.2. The number of sulfonamides is 1. The SMILES string of the molecule is Cc1[nH]ncc1S(=O)(=O)Nc1cc(/C=C/C(=O)O)ccn1. The van der Waals surface area contributed by atoms with E-state index in [2.05, 4.69) is 19.9 Å². The van der Waals surface area contributed by atoms with Gasteiger partial charge in [0.25, 0.3) is 10.0 Å². The van der Waals surface area contributed by atoms with E-state index < -0.39 is 16.0 Å². The van der Waals surface area contributed by atoms with Gasteiger partial charge in [0, 0.05) is 12.3 Å². The lowest BCUT2D eigenvalue weighted by molar-refractivity contribution is -0.131. The molecule has 3 N–H and O–H groups in total. The maximum absolute atomic E-state index is 12.1. The number of anilines is 1. The number of carbonyl (C=O) groups is 1. The molecule has 21 heavy (non-hydrogen) atoms. The molecule has 0 unspecified atom stereocenters. The van der Waals surface area contributed by atoms with Crippen molar-refractivity contribution in [3.8, 4) is 0 Å². The van der Waals surface area contributed by atoms with Crippen LogP contribution in [0.3, 0.4) is 0 Å². The third kappa shape index (κ3) is 3.66. The van der Waals surface area contributed by atoms with Crippen LogP contribution < -0.4 is 4.72 Å². The molecule has 2 aromatic heterocycles. The van der Waals surface area contributed by atoms with Crippen LogP contribution in [0, 0.1) is 6.92 Å². The minimum Gasteiger partial charge on any atom is -0.478 e. The molecule has 0 fully saturated rings. The highest BCUT2D eigenvalue weighted by Crippen LogP contribution is 2.17. The van der Waals surface area contributed by atoms with Gasteiger partial charge >= 0.3 is 5.97 Å². The monoisotopic (exact) mass is 308 g/mol. The van der Waals surface area contributed by atoms with E-state index in [1.165, 1.54) is 24.5 Å². The molecule has 0 aliphatic heterocycles. The summed E-state index contributed by atoms with van der Waals surface area (Å²) in [7, 11) is -3.80. The first-order chi connectivity index (χ1) is 9.88. The van der Waals surface area contributed by atoms with Crippen LogP contribution >= 0.6 is 0 Å². The number of rotatable bonds is 5. The predicted octanol–water partition coefficient (Wildman–Crippen LogP) is 1.01. The van der Waals surface area contributed by atoms with Gasteiger partial charge in [-0.1, -0.05) is 0 Å². The molecular formula is C12H12N4O4S. The Morgan fingerprint density at radius 1 is 1.48 bits per heavy atom. The van der Waals surface area contributed by atoms with E-state index in [4.69, 9.17) is 5.11 Å². The smallest absolute Gasteiger partial charge is 0.328 e. The molecule has 2 aromatic rings. The highest BCUT2D eigenvalue weighted by molar-refractivity contribution is 7.92. The molecule has 2 rings (SSSR count). The van der Waals surface area contributed by atoms with Crippen LogP contribution in [-0.4, -0.2) is 34.7 Å². The zero-order chi connectivity index (χ0) is 15.5. The maximum atomic E-state index is 12.1. The number of hydrogen-bond acceptors (Lipinski definition) is 5. The molecule has 0 aliphatic carbocycles. The second-order valence-electron chi connectivity index (χ2n) is 4.11. The number of carboxylic acids is 1. The molecule has 0 aliphatic rings. The van der Waals surface area contributed by atoms with Gasteiger partial charge in [0.05, 0.1) is 11.9 Å². The van der Waals surface area contributed by atoms with Crippen molar-refractivity contribution in [1.82, 2.24) is 15.2 Å². The molecule has 0 saturated heterocycles. The Hall–Kier alpha value is -2.68. The number of carboxylic acid groups (broad SMARTS) is 1. The number of hydrogen-bond donors (Lipinski definition) is 3. The van der Waals surface area contributed by atoms with Crippen LogP contribution in [0.25, 0.3) is 6.08 Å². The van der Waals surface area contributed by atoms with Crippen LogP contribution in [-0.2, 0) is 14.8 Å². The van der Waals surface area contributed by atoms with E-state index in [0.29, 0.717) is 11.3 Å². The maximum Gasteiger partial charge on any atom is 0.328 e. The quantitative estimate of drug-likeness (QED) is 0.708. The highest BCUT2D eigenvalue weighted by Gasteiger charge is 2.19. The zero-order valence-corrected chi connectivity index (χ0v) is 11.8. The van der Waals surface area contributed by atoms with Crippen molar-refractivity contribution in [1.29, 1.82) is 0 Å². The molecule has 2 heterocycles. The van der Waals surface area contributed by atoms with Gasteiger partial charge in [0.2, 0.25) is 0 Å². The first kappa shape index (κ1) is 14.7. The Balaban J connectivity index is 2.26. The van der Waals surface area contributed by atoms with Crippen molar-refractivity contribution in [2.45, 2.75) is 11.8 Å². The summed E-state index contributed by atoms with van der Waals surface area (Å²) >= 11 is 0. The van der Waals surface area contributed by atoms with Gasteiger partial charge in [-0.2, -0.15) is 5.10 Å². The molecule has 110 valence electrons. The minimum absolute atomic E-state index is 0.0239. The Morgan fingerprint density at radius 3 is 2.86 bits per heavy atom. The van der Waals surface area contributed by atoms with Gasteiger partial charge in [-0.25, -0.2) is 18.2 Å². The van der Waals surface area contributed by atoms with E-state index in [0.717, 1.165) is 6.08 Å². The van der Waals surface area contributed by atoms with Gasteiger partial charge in [0.15, 0.2) is 0 Å². The molecule has 9 heteroatoms. The fourth-order valence-electron chi connectivity index (χ4n) is 1.58. The summed E-state index contributed by atoms with van der Waals surface area (Å²) in [6.45, 7) is 1.58. The number of aromatic nitrogens is 3. The van der Waals surface area contributed by atoms with Gasteiger partial charge in [-0.3, -0.25) is 9.82 Å². The molecule has 0 aromatic carbocycles. The normalized spacial score (nSPS) is 11.7. The summed E-state index contributed by atoms with van der Waals surface area (Å²) in [5.74, 6) is -1.01. The van der Waals surface area contributed by atoms with Crippen LogP contribution in [0.15, 0.2) is 35.5 Å². The zero-order valence-electron chi connectivity index (χ0n) is 10.9. The standard InChI is InChI=1S/C12H12N4O4S/c1-8-10(7-14-15-8)21(19,20)16-11-6-9(4-5-13-11)2-3-12(17)18/h2-7H,1H3,(H,13,16)(H,14,15)(H,17,18)/b3-2+. The van der Waals surface area contributed by atoms with Crippen molar-refractivity contribution in [3.63, 3.8) is 0 Å². The number of H-pyrrole nitrogens is 1. The molecule has 8 nitrogen and oxygen atoms in total. The third-order valence-corrected chi connectivity index (χ3v) is 3.98. The highest BCUT2D eigenvalue weighted by atomic mass is 32.2. The van der Waals surface area contributed by atoms with E-state index in [1.807, 2.05) is 0 Å². The summed E-state index contributed by atoms with van der Waals surface area (Å²) in [6.07, 6.45) is 4.87. The summed E-state index contributed by atoms with van der Waals surface area (Å²) < 4.78 is 26.6. The van der Waals surface area contributed by atoms with Crippen LogP contribution in [0.5, 0.6) is 0 Å². The number of aromatic amines is 1. The van der Waals surface area contributed by atoms with E-state index in [1.54, 1.807) is 13.0 Å². The first-order valence-electron chi connectivity index (χ1n) is 5.78. The number of nitrogens with zero attached hydrogens (tertiary/aromatic N) is 2. The topological polar surface area (TPSA) is 125 Å². The Bertz CT molecular complexity index is 795. The van der Waals surface area contributed by atoms with E-state index in [-0.39, 0.29) is 10.7 Å². The van der Waals surface area contributed by atoms with E-state index >= 15 is 0 Å². The number of aryl methyl sites for hydroxylation is 1. The van der Waals surface area contributed by atoms with Gasteiger partial charge < -0.3 is 5.11 Å². The first-order valence-corrected chi connectivity index (χ1v) is 7.26. The summed E-state index contributed by atoms with van der Waals surface area (Å²) in [4.78, 5) is 14.4. The molecule has 0 amide bonds. The fourth-order valence-corrected chi connectivity index (χ4v) is 2.71. The van der Waals surface area contributed by atoms with Crippen molar-refractivity contribution in [3.05, 3.63) is 41.9 Å². The second-order valence-corrected chi connectivity index (χ2v) is 5.76. The molecule has 0 bridgehead atoms. The van der Waals surface area contributed by atoms with Crippen molar-refractivity contribution in [2.75, 3.05) is 4.72 Å². The molecule has 0 atom stereocenters. The molecule has 0 spiro atoms. The van der Waals surface area contributed by atoms with Crippen LogP contribution in [0.1, 0.15) is 11.3 Å². The lowest BCUT2D eigenvalue weighted by Crippen LogP contribution is -2.14. The van der Waals surface area contributed by atoms with Gasteiger partial charge in [0.1, 0.15) is 10.7 Å². The second kappa shape index (κ2) is 5.75. The van der Waals surface area contributed by atoms with Crippen molar-refractivity contribution >= 4 is 27.9 Å². The van der Waals surface area contributed by atoms with Crippen molar-refractivity contribution in [2.24, 2.45) is 0 Å². The molecular weight excluding hydrogens is 296 g/mol. The van der Waals surface area contributed by atoms with E-state index in [9.17, 15) is 13.2 Å². The number of aliphatic carboxylic acids is 1. The minimum atomic E-state index is -3.80.